The molecule has 0 aromatic rings. The summed E-state index contributed by atoms with van der Waals surface area (Å²) in [6.45, 7) is 8.91. The van der Waals surface area contributed by atoms with Crippen LogP contribution in [0.15, 0.2) is 0 Å². The fourth-order valence-electron chi connectivity index (χ4n) is 3.45. The first kappa shape index (κ1) is 23.0. The zero-order chi connectivity index (χ0) is 17.0. The molecule has 0 heteroatoms. The van der Waals surface area contributed by atoms with Crippen LogP contribution in [0.4, 0.5) is 0 Å². The summed E-state index contributed by atoms with van der Waals surface area (Å²) in [5.74, 6) is 0.722. The normalized spacial score (nSPS) is 12.7. The Kier molecular flexibility index (Phi) is 20.0. The monoisotopic (exact) mass is 323 g/mol. The van der Waals surface area contributed by atoms with Gasteiger partial charge in [-0.05, 0) is 5.92 Å². The number of hydrogen-bond donors (Lipinski definition) is 0. The molecule has 0 fully saturated rings. The summed E-state index contributed by atoms with van der Waals surface area (Å²) in [4.78, 5) is 0. The maximum Gasteiger partial charge on any atom is -0.0414 e. The molecule has 0 amide bonds. The first-order chi connectivity index (χ1) is 11.3. The van der Waals surface area contributed by atoms with Crippen LogP contribution in [0.5, 0.6) is 0 Å². The summed E-state index contributed by atoms with van der Waals surface area (Å²) in [6, 6.07) is 0. The second-order valence-electron chi connectivity index (χ2n) is 7.75. The van der Waals surface area contributed by atoms with E-state index < -0.39 is 0 Å². The smallest absolute Gasteiger partial charge is 0.0414 e. The summed E-state index contributed by atoms with van der Waals surface area (Å²) in [7, 11) is 0. The van der Waals surface area contributed by atoms with E-state index in [0.29, 0.717) is 0 Å². The van der Waals surface area contributed by atoms with Gasteiger partial charge < -0.3 is 0 Å². The van der Waals surface area contributed by atoms with Crippen LogP contribution < -0.4 is 0 Å². The van der Waals surface area contributed by atoms with E-state index in [1.807, 2.05) is 0 Å². The maximum atomic E-state index is 4.33. The third-order valence-corrected chi connectivity index (χ3v) is 5.18. The lowest BCUT2D eigenvalue weighted by Crippen LogP contribution is -1.95. The van der Waals surface area contributed by atoms with Crippen molar-refractivity contribution in [2.24, 2.45) is 5.92 Å². The Bertz CT molecular complexity index is 196. The molecule has 23 heavy (non-hydrogen) atoms. The average Bonchev–Trinajstić information content (AvgIpc) is 2.56. The van der Waals surface area contributed by atoms with Crippen molar-refractivity contribution in [2.75, 3.05) is 0 Å². The quantitative estimate of drug-likeness (QED) is 0.208. The third-order valence-electron chi connectivity index (χ3n) is 5.18. The van der Waals surface area contributed by atoms with Gasteiger partial charge >= 0.3 is 0 Å². The first-order valence-electron chi connectivity index (χ1n) is 11.1. The van der Waals surface area contributed by atoms with Gasteiger partial charge in [0.25, 0.3) is 0 Å². The van der Waals surface area contributed by atoms with E-state index in [2.05, 4.69) is 20.8 Å². The van der Waals surface area contributed by atoms with Crippen LogP contribution in [0.3, 0.4) is 0 Å². The van der Waals surface area contributed by atoms with Crippen LogP contribution in [0.25, 0.3) is 0 Å². The van der Waals surface area contributed by atoms with Crippen molar-refractivity contribution in [3.05, 3.63) is 6.92 Å². The highest BCUT2D eigenvalue weighted by molar-refractivity contribution is 4.62. The number of rotatable bonds is 19. The van der Waals surface area contributed by atoms with Crippen LogP contribution in [0.2, 0.25) is 0 Å². The first-order valence-corrected chi connectivity index (χ1v) is 11.1. The van der Waals surface area contributed by atoms with Gasteiger partial charge in [0.2, 0.25) is 0 Å². The molecular formula is C23H47. The highest BCUT2D eigenvalue weighted by Gasteiger charge is 2.02. The minimum Gasteiger partial charge on any atom is -0.0654 e. The van der Waals surface area contributed by atoms with Crippen LogP contribution in [0.1, 0.15) is 136 Å². The van der Waals surface area contributed by atoms with Crippen molar-refractivity contribution in [1.29, 1.82) is 0 Å². The second-order valence-corrected chi connectivity index (χ2v) is 7.75. The van der Waals surface area contributed by atoms with Gasteiger partial charge in [0.05, 0.1) is 0 Å². The molecule has 0 bridgehead atoms. The standard InChI is InChI=1S/C23H47/c1-4-6-8-10-11-12-13-14-15-16-17-18-20-22-23(3)21-19-9-7-5-2/h23H,3-22H2,1-2H3. The van der Waals surface area contributed by atoms with Crippen LogP contribution >= 0.6 is 0 Å². The van der Waals surface area contributed by atoms with Gasteiger partial charge in [-0.1, -0.05) is 143 Å². The Morgan fingerprint density at radius 2 is 0.696 bits per heavy atom. The largest absolute Gasteiger partial charge is 0.0654 e. The summed E-state index contributed by atoms with van der Waals surface area (Å²) >= 11 is 0. The Labute approximate surface area is 149 Å². The molecule has 0 aromatic carbocycles. The molecule has 0 saturated carbocycles. The second kappa shape index (κ2) is 20.0. The van der Waals surface area contributed by atoms with Gasteiger partial charge in [-0.15, -0.1) is 0 Å². The van der Waals surface area contributed by atoms with E-state index in [1.165, 1.54) is 122 Å². The van der Waals surface area contributed by atoms with Crippen molar-refractivity contribution in [2.45, 2.75) is 136 Å². The van der Waals surface area contributed by atoms with Crippen molar-refractivity contribution >= 4 is 0 Å². The molecule has 0 spiro atoms. The average molecular weight is 324 g/mol. The molecule has 0 aromatic heterocycles. The van der Waals surface area contributed by atoms with Crippen LogP contribution in [-0.2, 0) is 0 Å². The maximum absolute atomic E-state index is 4.33. The van der Waals surface area contributed by atoms with Gasteiger partial charge in [0.1, 0.15) is 0 Å². The molecule has 139 valence electrons. The third kappa shape index (κ3) is 20.0. The fourth-order valence-corrected chi connectivity index (χ4v) is 3.45. The molecule has 0 aliphatic carbocycles. The van der Waals surface area contributed by atoms with E-state index in [-0.39, 0.29) is 0 Å². The van der Waals surface area contributed by atoms with Crippen LogP contribution in [0, 0.1) is 12.8 Å². The molecule has 0 N–H and O–H groups in total. The van der Waals surface area contributed by atoms with Gasteiger partial charge in [-0.2, -0.15) is 0 Å². The summed E-state index contributed by atoms with van der Waals surface area (Å²) in [5, 5.41) is 0. The van der Waals surface area contributed by atoms with E-state index in [4.69, 9.17) is 0 Å². The number of unbranched alkanes of at least 4 members (excludes halogenated alkanes) is 15. The lowest BCUT2D eigenvalue weighted by Gasteiger charge is -2.10. The lowest BCUT2D eigenvalue weighted by molar-refractivity contribution is 0.464. The molecule has 0 aliphatic rings. The molecule has 1 atom stereocenters. The zero-order valence-electron chi connectivity index (χ0n) is 16.7. The van der Waals surface area contributed by atoms with Crippen LogP contribution in [-0.4, -0.2) is 0 Å². The van der Waals surface area contributed by atoms with Crippen molar-refractivity contribution in [3.63, 3.8) is 0 Å². The van der Waals surface area contributed by atoms with E-state index in [9.17, 15) is 0 Å². The molecule has 0 aliphatic heterocycles. The molecule has 0 nitrogen and oxygen atoms in total. The van der Waals surface area contributed by atoms with Crippen molar-refractivity contribution in [1.82, 2.24) is 0 Å². The molecule has 1 radical (unpaired) electrons. The zero-order valence-corrected chi connectivity index (χ0v) is 16.7. The van der Waals surface area contributed by atoms with Crippen molar-refractivity contribution in [3.8, 4) is 0 Å². The highest BCUT2D eigenvalue weighted by Crippen LogP contribution is 2.18. The Hall–Kier alpha value is 0. The topological polar surface area (TPSA) is 0 Å². The molecule has 0 saturated heterocycles. The molecule has 1 unspecified atom stereocenters. The van der Waals surface area contributed by atoms with Gasteiger partial charge in [0, 0.05) is 0 Å². The predicted octanol–water partition coefficient (Wildman–Crippen LogP) is 8.89. The molecular weight excluding hydrogens is 276 g/mol. The van der Waals surface area contributed by atoms with Gasteiger partial charge in [-0.3, -0.25) is 0 Å². The summed E-state index contributed by atoms with van der Waals surface area (Å²) < 4.78 is 0. The fraction of sp³-hybridized carbons (Fsp3) is 0.957. The minimum atomic E-state index is 0.722. The van der Waals surface area contributed by atoms with Crippen molar-refractivity contribution < 1.29 is 0 Å². The van der Waals surface area contributed by atoms with E-state index in [0.717, 1.165) is 5.92 Å². The number of hydrogen-bond acceptors (Lipinski definition) is 0. The Balaban J connectivity index is 3.07. The van der Waals surface area contributed by atoms with E-state index in [1.54, 1.807) is 0 Å². The minimum absolute atomic E-state index is 0.722. The Morgan fingerprint density at radius 1 is 0.435 bits per heavy atom. The van der Waals surface area contributed by atoms with E-state index >= 15 is 0 Å². The van der Waals surface area contributed by atoms with Gasteiger partial charge in [0.15, 0.2) is 0 Å². The predicted molar refractivity (Wildman–Crippen MR) is 108 cm³/mol. The lowest BCUT2D eigenvalue weighted by atomic mass is 9.96. The highest BCUT2D eigenvalue weighted by atomic mass is 14.1. The summed E-state index contributed by atoms with van der Waals surface area (Å²) in [6.07, 6.45) is 27.2. The van der Waals surface area contributed by atoms with Gasteiger partial charge in [-0.25, -0.2) is 0 Å². The molecule has 0 heterocycles. The SMILES string of the molecule is [CH2]C(CCCCCC)CCCCCCCCCCCCCCC. The Morgan fingerprint density at radius 3 is 1.04 bits per heavy atom. The summed E-state index contributed by atoms with van der Waals surface area (Å²) in [5.41, 5.74) is 0. The molecule has 0 rings (SSSR count).